The van der Waals surface area contributed by atoms with Crippen LogP contribution in [0.25, 0.3) is 0 Å². The average molecular weight is 207 g/mol. The van der Waals surface area contributed by atoms with Crippen LogP contribution in [0.3, 0.4) is 0 Å². The zero-order chi connectivity index (χ0) is 10.9. The van der Waals surface area contributed by atoms with Crippen molar-refractivity contribution in [2.45, 2.75) is 44.9 Å². The summed E-state index contributed by atoms with van der Waals surface area (Å²) in [5, 5.41) is 0. The molecule has 0 heterocycles. The fraction of sp³-hybridized carbons (Fsp3) is 0.769. The van der Waals surface area contributed by atoms with Crippen molar-refractivity contribution < 1.29 is 4.79 Å². The molecule has 15 heavy (non-hydrogen) atoms. The first-order valence-electron chi connectivity index (χ1n) is 6.02. The van der Waals surface area contributed by atoms with Gasteiger partial charge in [0, 0.05) is 32.3 Å². The van der Waals surface area contributed by atoms with Gasteiger partial charge in [0.05, 0.1) is 0 Å². The first-order chi connectivity index (χ1) is 7.11. The highest BCUT2D eigenvalue weighted by Crippen LogP contribution is 2.49. The average Bonchev–Trinajstić information content (AvgIpc) is 2.60. The Labute approximate surface area is 92.3 Å². The molecule has 0 N–H and O–H groups in total. The van der Waals surface area contributed by atoms with E-state index in [-0.39, 0.29) is 0 Å². The van der Waals surface area contributed by atoms with Crippen molar-refractivity contribution >= 4 is 5.78 Å². The molecule has 84 valence electrons. The number of ketones is 1. The largest absolute Gasteiger partial charge is 0.383 e. The van der Waals surface area contributed by atoms with Crippen LogP contribution in [-0.4, -0.2) is 24.8 Å². The summed E-state index contributed by atoms with van der Waals surface area (Å²) < 4.78 is 0. The van der Waals surface area contributed by atoms with Crippen molar-refractivity contribution in [1.29, 1.82) is 0 Å². The molecule has 2 aliphatic rings. The van der Waals surface area contributed by atoms with Crippen molar-refractivity contribution in [1.82, 2.24) is 4.90 Å². The fourth-order valence-electron chi connectivity index (χ4n) is 3.11. The summed E-state index contributed by atoms with van der Waals surface area (Å²) in [7, 11) is 3.99. The zero-order valence-corrected chi connectivity index (χ0v) is 9.88. The van der Waals surface area contributed by atoms with E-state index < -0.39 is 0 Å². The summed E-state index contributed by atoms with van der Waals surface area (Å²) in [6.07, 6.45) is 10.4. The Hall–Kier alpha value is -0.790. The Morgan fingerprint density at radius 2 is 1.87 bits per heavy atom. The zero-order valence-electron chi connectivity index (χ0n) is 9.88. The van der Waals surface area contributed by atoms with Gasteiger partial charge in [0.2, 0.25) is 0 Å². The maximum Gasteiger partial charge on any atom is 0.160 e. The molecule has 0 unspecified atom stereocenters. The lowest BCUT2D eigenvalue weighted by Gasteiger charge is -2.34. The third kappa shape index (κ3) is 2.24. The quantitative estimate of drug-likeness (QED) is 0.616. The number of hydrogen-bond acceptors (Lipinski definition) is 2. The molecule has 2 rings (SSSR count). The Balaban J connectivity index is 2.13. The van der Waals surface area contributed by atoms with Gasteiger partial charge in [0.1, 0.15) is 0 Å². The van der Waals surface area contributed by atoms with Crippen molar-refractivity contribution in [2.75, 3.05) is 14.1 Å². The van der Waals surface area contributed by atoms with Gasteiger partial charge >= 0.3 is 0 Å². The molecule has 0 saturated heterocycles. The highest BCUT2D eigenvalue weighted by atomic mass is 16.1. The van der Waals surface area contributed by atoms with Crippen LogP contribution in [-0.2, 0) is 4.79 Å². The molecule has 1 spiro atoms. The molecule has 2 heteroatoms. The van der Waals surface area contributed by atoms with Crippen LogP contribution in [0, 0.1) is 5.41 Å². The number of carbonyl (C=O) groups excluding carboxylic acids is 1. The second-order valence-electron chi connectivity index (χ2n) is 5.43. The third-order valence-electron chi connectivity index (χ3n) is 3.88. The van der Waals surface area contributed by atoms with Gasteiger partial charge in [-0.25, -0.2) is 0 Å². The molecule has 0 bridgehead atoms. The van der Waals surface area contributed by atoms with Crippen molar-refractivity contribution in [3.05, 3.63) is 11.8 Å². The van der Waals surface area contributed by atoms with Crippen LogP contribution in [0.5, 0.6) is 0 Å². The van der Waals surface area contributed by atoms with Crippen LogP contribution < -0.4 is 0 Å². The molecular formula is C13H21NO. The van der Waals surface area contributed by atoms with E-state index in [4.69, 9.17) is 0 Å². The minimum Gasteiger partial charge on any atom is -0.383 e. The Morgan fingerprint density at radius 1 is 1.20 bits per heavy atom. The lowest BCUT2D eigenvalue weighted by Crippen LogP contribution is -2.27. The van der Waals surface area contributed by atoms with Crippen LogP contribution in [0.4, 0.5) is 0 Å². The van der Waals surface area contributed by atoms with E-state index in [0.717, 1.165) is 24.8 Å². The van der Waals surface area contributed by atoms with E-state index in [0.29, 0.717) is 11.2 Å². The standard InChI is InChI=1S/C13H21NO/c1-14(2)10-11-9-13(6-3-4-7-13)8-5-12(11)15/h10H,3-9H2,1-2H3/b11-10-. The molecule has 0 aromatic carbocycles. The minimum absolute atomic E-state index is 0.376. The van der Waals surface area contributed by atoms with E-state index in [1.54, 1.807) is 0 Å². The first kappa shape index (κ1) is 10.7. The van der Waals surface area contributed by atoms with Crippen LogP contribution in [0.2, 0.25) is 0 Å². The summed E-state index contributed by atoms with van der Waals surface area (Å²) in [5.41, 5.74) is 1.56. The van der Waals surface area contributed by atoms with Gasteiger partial charge in [-0.05, 0) is 31.1 Å². The molecule has 0 atom stereocenters. The number of nitrogens with zero attached hydrogens (tertiary/aromatic N) is 1. The molecular weight excluding hydrogens is 186 g/mol. The van der Waals surface area contributed by atoms with Crippen molar-refractivity contribution in [2.24, 2.45) is 5.41 Å². The van der Waals surface area contributed by atoms with E-state index in [1.807, 2.05) is 25.2 Å². The molecule has 2 saturated carbocycles. The highest BCUT2D eigenvalue weighted by Gasteiger charge is 2.39. The smallest absolute Gasteiger partial charge is 0.160 e. The molecule has 0 aliphatic heterocycles. The van der Waals surface area contributed by atoms with Gasteiger partial charge < -0.3 is 4.90 Å². The normalized spacial score (nSPS) is 27.6. The van der Waals surface area contributed by atoms with E-state index >= 15 is 0 Å². The predicted molar refractivity (Wildman–Crippen MR) is 61.5 cm³/mol. The van der Waals surface area contributed by atoms with E-state index in [9.17, 15) is 4.79 Å². The highest BCUT2D eigenvalue weighted by molar-refractivity contribution is 5.96. The second kappa shape index (κ2) is 3.99. The Morgan fingerprint density at radius 3 is 2.47 bits per heavy atom. The minimum atomic E-state index is 0.376. The van der Waals surface area contributed by atoms with Gasteiger partial charge in [-0.2, -0.15) is 0 Å². The van der Waals surface area contributed by atoms with Crippen LogP contribution in [0.1, 0.15) is 44.9 Å². The van der Waals surface area contributed by atoms with E-state index in [2.05, 4.69) is 0 Å². The van der Waals surface area contributed by atoms with Gasteiger partial charge in [0.15, 0.2) is 5.78 Å². The molecule has 2 nitrogen and oxygen atoms in total. The lowest BCUT2D eigenvalue weighted by molar-refractivity contribution is -0.118. The maximum atomic E-state index is 11.8. The predicted octanol–water partition coefficient (Wildman–Crippen LogP) is 2.75. The number of carbonyl (C=O) groups is 1. The molecule has 0 aromatic rings. The molecule has 0 radical (unpaired) electrons. The summed E-state index contributed by atoms with van der Waals surface area (Å²) in [6.45, 7) is 0. The van der Waals surface area contributed by atoms with Crippen molar-refractivity contribution in [3.8, 4) is 0 Å². The summed E-state index contributed by atoms with van der Waals surface area (Å²) in [5.74, 6) is 0.376. The van der Waals surface area contributed by atoms with Gasteiger partial charge in [-0.15, -0.1) is 0 Å². The van der Waals surface area contributed by atoms with E-state index in [1.165, 1.54) is 25.7 Å². The number of rotatable bonds is 1. The molecule has 2 aliphatic carbocycles. The fourth-order valence-corrected chi connectivity index (χ4v) is 3.11. The summed E-state index contributed by atoms with van der Waals surface area (Å²) in [4.78, 5) is 13.8. The number of Topliss-reactive ketones (excluding diaryl/α,β-unsaturated/α-hetero) is 1. The van der Waals surface area contributed by atoms with Crippen LogP contribution >= 0.6 is 0 Å². The summed E-state index contributed by atoms with van der Waals surface area (Å²) >= 11 is 0. The topological polar surface area (TPSA) is 20.3 Å². The monoisotopic (exact) mass is 207 g/mol. The maximum absolute atomic E-state index is 11.8. The molecule has 2 fully saturated rings. The first-order valence-corrected chi connectivity index (χ1v) is 6.02. The van der Waals surface area contributed by atoms with Gasteiger partial charge in [-0.1, -0.05) is 12.8 Å². The van der Waals surface area contributed by atoms with Gasteiger partial charge in [-0.3, -0.25) is 4.79 Å². The number of hydrogen-bond donors (Lipinski definition) is 0. The molecule has 0 amide bonds. The SMILES string of the molecule is CN(C)/C=C1/CC2(CCCC2)CCC1=O. The molecule has 0 aromatic heterocycles. The van der Waals surface area contributed by atoms with Crippen molar-refractivity contribution in [3.63, 3.8) is 0 Å². The third-order valence-corrected chi connectivity index (χ3v) is 3.88. The summed E-state index contributed by atoms with van der Waals surface area (Å²) in [6, 6.07) is 0. The number of allylic oxidation sites excluding steroid dienone is 1. The second-order valence-corrected chi connectivity index (χ2v) is 5.43. The lowest BCUT2D eigenvalue weighted by atomic mass is 9.70. The Bertz CT molecular complexity index is 285. The Kier molecular flexibility index (Phi) is 2.85. The van der Waals surface area contributed by atoms with Gasteiger partial charge in [0.25, 0.3) is 0 Å². The van der Waals surface area contributed by atoms with Crippen LogP contribution in [0.15, 0.2) is 11.8 Å².